The lowest BCUT2D eigenvalue weighted by atomic mass is 10.2. The molecule has 4 rings (SSSR count). The first-order valence-corrected chi connectivity index (χ1v) is 9.43. The fraction of sp³-hybridized carbons (Fsp3) is 0.158. The normalized spacial score (nSPS) is 11.1. The minimum absolute atomic E-state index is 0.118. The van der Waals surface area contributed by atoms with Crippen LogP contribution in [0.15, 0.2) is 47.1 Å². The van der Waals surface area contributed by atoms with Crippen LogP contribution < -0.4 is 21.5 Å². The first-order valence-electron chi connectivity index (χ1n) is 8.62. The Morgan fingerprint density at radius 2 is 2.00 bits per heavy atom. The quantitative estimate of drug-likeness (QED) is 0.412. The average molecular weight is 398 g/mol. The number of hydrogen-bond acceptors (Lipinski definition) is 5. The highest BCUT2D eigenvalue weighted by Crippen LogP contribution is 2.43. The van der Waals surface area contributed by atoms with Crippen LogP contribution in [-0.2, 0) is 6.54 Å². The third-order valence-electron chi connectivity index (χ3n) is 4.24. The summed E-state index contributed by atoms with van der Waals surface area (Å²) in [4.78, 5) is 22.9. The number of benzene rings is 1. The predicted octanol–water partition coefficient (Wildman–Crippen LogP) is 3.51. The number of nitrogens with one attached hydrogen (secondary N) is 1. The summed E-state index contributed by atoms with van der Waals surface area (Å²) in [5.74, 6) is -0.154. The lowest BCUT2D eigenvalue weighted by molar-refractivity contribution is 0.0977. The van der Waals surface area contributed by atoms with E-state index in [0.717, 1.165) is 28.8 Å². The first kappa shape index (κ1) is 17.9. The molecule has 0 radical (unpaired) electrons. The van der Waals surface area contributed by atoms with Crippen molar-refractivity contribution in [2.24, 2.45) is 11.5 Å². The molecule has 8 nitrogen and oxygen atoms in total. The minimum atomic E-state index is -0.797. The Morgan fingerprint density at radius 3 is 2.71 bits per heavy atom. The molecule has 3 heterocycles. The van der Waals surface area contributed by atoms with Gasteiger partial charge in [-0.25, -0.2) is 4.79 Å². The molecule has 0 aliphatic heterocycles. The number of anilines is 1. The summed E-state index contributed by atoms with van der Waals surface area (Å²) in [5, 5.41) is 3.23. The highest BCUT2D eigenvalue weighted by Gasteiger charge is 2.23. The second-order valence-corrected chi connectivity index (χ2v) is 7.25. The van der Waals surface area contributed by atoms with Crippen LogP contribution in [0.2, 0.25) is 0 Å². The lowest BCUT2D eigenvalue weighted by Gasteiger charge is -2.07. The summed E-state index contributed by atoms with van der Waals surface area (Å²) in [6, 6.07) is 8.80. The molecule has 1 aromatic carbocycles. The van der Waals surface area contributed by atoms with Crippen LogP contribution in [0.4, 0.5) is 10.5 Å². The Balaban J connectivity index is 1.57. The molecule has 28 heavy (non-hydrogen) atoms. The van der Waals surface area contributed by atoms with E-state index in [0.29, 0.717) is 16.9 Å². The second kappa shape index (κ2) is 7.28. The van der Waals surface area contributed by atoms with Gasteiger partial charge in [0.05, 0.1) is 11.3 Å². The number of nitrogens with zero attached hydrogens (tertiary/aromatic N) is 1. The Hall–Kier alpha value is -3.46. The fourth-order valence-corrected chi connectivity index (χ4v) is 4.19. The molecule has 0 atom stereocenters. The molecule has 0 unspecified atom stereocenters. The van der Waals surface area contributed by atoms with Gasteiger partial charge in [-0.3, -0.25) is 4.79 Å². The van der Waals surface area contributed by atoms with Crippen LogP contribution in [0.3, 0.4) is 0 Å². The molecule has 0 spiro atoms. The van der Waals surface area contributed by atoms with Gasteiger partial charge < -0.3 is 30.5 Å². The summed E-state index contributed by atoms with van der Waals surface area (Å²) in [5.41, 5.74) is 11.2. The molecule has 3 aromatic heterocycles. The maximum Gasteiger partial charge on any atom is 0.316 e. The largest absolute Gasteiger partial charge is 0.493 e. The van der Waals surface area contributed by atoms with Crippen molar-refractivity contribution in [1.29, 1.82) is 0 Å². The molecule has 5 N–H and O–H groups in total. The van der Waals surface area contributed by atoms with Crippen LogP contribution in [0.25, 0.3) is 20.4 Å². The number of urea groups is 1. The molecular weight excluding hydrogens is 380 g/mol. The maximum absolute atomic E-state index is 11.6. The van der Waals surface area contributed by atoms with Gasteiger partial charge in [-0.2, -0.15) is 0 Å². The van der Waals surface area contributed by atoms with E-state index in [1.165, 1.54) is 11.3 Å². The SMILES string of the molecule is NC(=O)Nc1c(C(N)=O)oc2c1sc1cc(OCCCn3cccc3)ccc12. The smallest absolute Gasteiger partial charge is 0.316 e. The number of aryl methyl sites for hydroxylation is 1. The van der Waals surface area contributed by atoms with Crippen molar-refractivity contribution in [2.45, 2.75) is 13.0 Å². The van der Waals surface area contributed by atoms with Gasteiger partial charge in [0.15, 0.2) is 5.58 Å². The average Bonchev–Trinajstić information content (AvgIpc) is 3.35. The van der Waals surface area contributed by atoms with Gasteiger partial charge >= 0.3 is 6.03 Å². The van der Waals surface area contributed by atoms with Crippen molar-refractivity contribution in [3.05, 3.63) is 48.5 Å². The summed E-state index contributed by atoms with van der Waals surface area (Å²) >= 11 is 1.36. The molecule has 4 aromatic rings. The van der Waals surface area contributed by atoms with E-state index in [-0.39, 0.29) is 11.4 Å². The zero-order valence-corrected chi connectivity index (χ0v) is 15.6. The van der Waals surface area contributed by atoms with Gasteiger partial charge in [0.25, 0.3) is 5.91 Å². The van der Waals surface area contributed by atoms with E-state index >= 15 is 0 Å². The number of rotatable bonds is 7. The Kier molecular flexibility index (Phi) is 4.66. The van der Waals surface area contributed by atoms with E-state index in [9.17, 15) is 9.59 Å². The van der Waals surface area contributed by atoms with Crippen LogP contribution in [0.5, 0.6) is 5.75 Å². The molecule has 0 aliphatic rings. The van der Waals surface area contributed by atoms with Crippen molar-refractivity contribution < 1.29 is 18.7 Å². The van der Waals surface area contributed by atoms with E-state index in [1.54, 1.807) is 0 Å². The lowest BCUT2D eigenvalue weighted by Crippen LogP contribution is -2.21. The van der Waals surface area contributed by atoms with Crippen LogP contribution in [0, 0.1) is 0 Å². The van der Waals surface area contributed by atoms with E-state index in [1.807, 2.05) is 42.7 Å². The zero-order chi connectivity index (χ0) is 19.7. The van der Waals surface area contributed by atoms with Crippen molar-refractivity contribution in [3.63, 3.8) is 0 Å². The number of carbonyl (C=O) groups excluding carboxylic acids is 2. The van der Waals surface area contributed by atoms with Crippen molar-refractivity contribution in [1.82, 2.24) is 4.57 Å². The number of fused-ring (bicyclic) bond motifs is 3. The number of hydrogen-bond donors (Lipinski definition) is 3. The molecule has 144 valence electrons. The summed E-state index contributed by atoms with van der Waals surface area (Å²) < 4.78 is 15.1. The minimum Gasteiger partial charge on any atom is -0.493 e. The Morgan fingerprint density at radius 1 is 1.21 bits per heavy atom. The number of carbonyl (C=O) groups is 2. The number of amides is 3. The van der Waals surface area contributed by atoms with Crippen LogP contribution in [-0.4, -0.2) is 23.1 Å². The number of aromatic nitrogens is 1. The van der Waals surface area contributed by atoms with Crippen molar-refractivity contribution in [3.8, 4) is 5.75 Å². The summed E-state index contributed by atoms with van der Waals surface area (Å²) in [6.07, 6.45) is 4.92. The van der Waals surface area contributed by atoms with Gasteiger partial charge in [-0.15, -0.1) is 11.3 Å². The number of ether oxygens (including phenoxy) is 1. The third-order valence-corrected chi connectivity index (χ3v) is 5.39. The Labute approximate surface area is 163 Å². The predicted molar refractivity (Wildman–Crippen MR) is 108 cm³/mol. The molecule has 0 bridgehead atoms. The zero-order valence-electron chi connectivity index (χ0n) is 14.8. The monoisotopic (exact) mass is 398 g/mol. The molecular formula is C19H18N4O4S. The third kappa shape index (κ3) is 3.39. The molecule has 0 fully saturated rings. The van der Waals surface area contributed by atoms with Gasteiger partial charge in [0, 0.05) is 29.0 Å². The number of primary amides is 2. The van der Waals surface area contributed by atoms with E-state index in [2.05, 4.69) is 9.88 Å². The first-order chi connectivity index (χ1) is 13.5. The van der Waals surface area contributed by atoms with Gasteiger partial charge in [-0.1, -0.05) is 0 Å². The molecule has 3 amide bonds. The summed E-state index contributed by atoms with van der Waals surface area (Å²) in [7, 11) is 0. The van der Waals surface area contributed by atoms with Crippen LogP contribution in [0.1, 0.15) is 17.0 Å². The number of furan rings is 1. The Bertz CT molecular complexity index is 1160. The molecule has 0 saturated carbocycles. The van der Waals surface area contributed by atoms with Crippen molar-refractivity contribution >= 4 is 49.3 Å². The fourth-order valence-electron chi connectivity index (χ4n) is 3.03. The standard InChI is InChI=1S/C19H18N4O4S/c20-18(24)16-14(22-19(21)25)17-15(27-16)12-5-4-11(10-13(12)28-17)26-9-3-8-23-6-1-2-7-23/h1-2,4-7,10H,3,8-9H2,(H2,20,24)(H3,21,22,25). The van der Waals surface area contributed by atoms with Gasteiger partial charge in [0.2, 0.25) is 5.76 Å². The molecule has 9 heteroatoms. The number of nitrogens with two attached hydrogens (primary N) is 2. The topological polar surface area (TPSA) is 126 Å². The van der Waals surface area contributed by atoms with Gasteiger partial charge in [0.1, 0.15) is 11.4 Å². The van der Waals surface area contributed by atoms with Crippen molar-refractivity contribution in [2.75, 3.05) is 11.9 Å². The van der Waals surface area contributed by atoms with E-state index in [4.69, 9.17) is 20.6 Å². The van der Waals surface area contributed by atoms with Crippen LogP contribution >= 0.6 is 11.3 Å². The second-order valence-electron chi connectivity index (χ2n) is 6.20. The summed E-state index contributed by atoms with van der Waals surface area (Å²) in [6.45, 7) is 1.48. The molecule has 0 saturated heterocycles. The van der Waals surface area contributed by atoms with Gasteiger partial charge in [-0.05, 0) is 36.8 Å². The van der Waals surface area contributed by atoms with E-state index < -0.39 is 11.9 Å². The highest BCUT2D eigenvalue weighted by molar-refractivity contribution is 7.26. The number of thiophene rings is 1. The maximum atomic E-state index is 11.6. The molecule has 0 aliphatic carbocycles. The highest BCUT2D eigenvalue weighted by atomic mass is 32.1.